The van der Waals surface area contributed by atoms with Crippen molar-refractivity contribution < 1.29 is 0 Å². The van der Waals surface area contributed by atoms with E-state index in [1.54, 1.807) is 0 Å². The van der Waals surface area contributed by atoms with E-state index in [1.165, 1.54) is 99.5 Å². The van der Waals surface area contributed by atoms with Crippen LogP contribution < -0.4 is 0 Å². The van der Waals surface area contributed by atoms with Gasteiger partial charge in [0.1, 0.15) is 0 Å². The lowest BCUT2D eigenvalue weighted by atomic mass is 9.93. The second kappa shape index (κ2) is 10.4. The van der Waals surface area contributed by atoms with Crippen LogP contribution in [0, 0.1) is 0 Å². The molecule has 50 heavy (non-hydrogen) atoms. The Morgan fingerprint density at radius 2 is 0.780 bits per heavy atom. The lowest BCUT2D eigenvalue weighted by Gasteiger charge is -2.12. The highest BCUT2D eigenvalue weighted by atomic mass is 15.0. The van der Waals surface area contributed by atoms with Gasteiger partial charge in [0.15, 0.2) is 0 Å². The number of nitrogens with zero attached hydrogens (tertiary/aromatic N) is 2. The van der Waals surface area contributed by atoms with E-state index in [0.717, 1.165) is 0 Å². The number of aromatic nitrogens is 2. The van der Waals surface area contributed by atoms with Crippen molar-refractivity contribution in [3.63, 3.8) is 0 Å². The smallest absolute Gasteiger partial charge is 0.0619 e. The van der Waals surface area contributed by atoms with Gasteiger partial charge in [-0.3, -0.25) is 0 Å². The van der Waals surface area contributed by atoms with Crippen molar-refractivity contribution >= 4 is 43.6 Å². The minimum atomic E-state index is 1.18. The molecule has 1 aliphatic rings. The molecule has 10 aromatic rings. The van der Waals surface area contributed by atoms with Gasteiger partial charge in [-0.15, -0.1) is 0 Å². The highest BCUT2D eigenvalue weighted by Gasteiger charge is 2.24. The molecule has 0 bridgehead atoms. The number of hydrogen-bond donors (Lipinski definition) is 0. The molecule has 0 radical (unpaired) electrons. The Kier molecular flexibility index (Phi) is 5.70. The second-order valence-corrected chi connectivity index (χ2v) is 13.3. The predicted octanol–water partition coefficient (Wildman–Crippen LogP) is 12.9. The molecular weight excluding hydrogens is 605 g/mol. The molecule has 0 saturated heterocycles. The van der Waals surface area contributed by atoms with Crippen molar-refractivity contribution in [3.05, 3.63) is 182 Å². The molecular formula is C48H30N2. The third-order valence-corrected chi connectivity index (χ3v) is 10.7. The van der Waals surface area contributed by atoms with E-state index in [2.05, 4.69) is 191 Å². The summed E-state index contributed by atoms with van der Waals surface area (Å²) in [6.45, 7) is 0. The lowest BCUT2D eigenvalue weighted by molar-refractivity contribution is 1.18. The summed E-state index contributed by atoms with van der Waals surface area (Å²) in [6, 6.07) is 66.7. The fraction of sp³-hybridized carbons (Fsp3) is 0. The molecule has 0 fully saturated rings. The molecule has 0 unspecified atom stereocenters. The number of para-hydroxylation sites is 4. The van der Waals surface area contributed by atoms with Gasteiger partial charge in [0.05, 0.1) is 27.8 Å². The molecule has 8 aromatic carbocycles. The van der Waals surface area contributed by atoms with Crippen LogP contribution in [0.2, 0.25) is 0 Å². The van der Waals surface area contributed by atoms with Gasteiger partial charge in [0, 0.05) is 38.4 Å². The zero-order valence-corrected chi connectivity index (χ0v) is 27.2. The first kappa shape index (κ1) is 27.3. The zero-order valence-electron chi connectivity index (χ0n) is 27.2. The maximum Gasteiger partial charge on any atom is 0.0619 e. The third-order valence-electron chi connectivity index (χ3n) is 10.7. The number of hydrogen-bond acceptors (Lipinski definition) is 0. The molecule has 0 spiro atoms. The molecule has 0 aliphatic carbocycles. The normalized spacial score (nSPS) is 12.0. The summed E-state index contributed by atoms with van der Waals surface area (Å²) in [5.74, 6) is 0. The van der Waals surface area contributed by atoms with Crippen LogP contribution in [0.3, 0.4) is 0 Å². The van der Waals surface area contributed by atoms with Crippen LogP contribution in [0.1, 0.15) is 0 Å². The molecule has 2 aromatic heterocycles. The van der Waals surface area contributed by atoms with Crippen LogP contribution in [0.15, 0.2) is 182 Å². The van der Waals surface area contributed by atoms with Gasteiger partial charge in [-0.2, -0.15) is 0 Å². The highest BCUT2D eigenvalue weighted by Crippen LogP contribution is 2.47. The molecule has 2 heteroatoms. The van der Waals surface area contributed by atoms with Gasteiger partial charge >= 0.3 is 0 Å². The van der Waals surface area contributed by atoms with Crippen LogP contribution in [0.4, 0.5) is 0 Å². The van der Waals surface area contributed by atoms with E-state index in [1.807, 2.05) is 0 Å². The summed E-state index contributed by atoms with van der Waals surface area (Å²) in [6.07, 6.45) is 0. The van der Waals surface area contributed by atoms with E-state index >= 15 is 0 Å². The van der Waals surface area contributed by atoms with Gasteiger partial charge in [-0.25, -0.2) is 0 Å². The van der Waals surface area contributed by atoms with Gasteiger partial charge in [0.25, 0.3) is 0 Å². The minimum Gasteiger partial charge on any atom is -0.309 e. The van der Waals surface area contributed by atoms with Crippen molar-refractivity contribution in [1.29, 1.82) is 0 Å². The van der Waals surface area contributed by atoms with Gasteiger partial charge in [0.2, 0.25) is 0 Å². The van der Waals surface area contributed by atoms with Crippen LogP contribution in [0.25, 0.3) is 99.5 Å². The first-order valence-corrected chi connectivity index (χ1v) is 17.3. The van der Waals surface area contributed by atoms with Gasteiger partial charge < -0.3 is 9.13 Å². The largest absolute Gasteiger partial charge is 0.309 e. The van der Waals surface area contributed by atoms with Crippen molar-refractivity contribution in [3.8, 4) is 55.9 Å². The first-order chi connectivity index (χ1) is 24.8. The highest BCUT2D eigenvalue weighted by molar-refractivity contribution is 6.17. The Morgan fingerprint density at radius 3 is 1.52 bits per heavy atom. The first-order valence-electron chi connectivity index (χ1n) is 17.3. The number of rotatable bonds is 3. The van der Waals surface area contributed by atoms with Gasteiger partial charge in [-0.05, 0) is 81.9 Å². The molecule has 0 N–H and O–H groups in total. The minimum absolute atomic E-state index is 1.18. The fourth-order valence-corrected chi connectivity index (χ4v) is 8.43. The average Bonchev–Trinajstić information content (AvgIpc) is 3.66. The Bertz CT molecular complexity index is 2960. The Morgan fingerprint density at radius 1 is 0.280 bits per heavy atom. The van der Waals surface area contributed by atoms with Crippen molar-refractivity contribution in [2.75, 3.05) is 0 Å². The summed E-state index contributed by atoms with van der Waals surface area (Å²) in [7, 11) is 0. The maximum atomic E-state index is 2.48. The lowest BCUT2D eigenvalue weighted by Crippen LogP contribution is -1.95. The maximum absolute atomic E-state index is 2.48. The Labute approximate surface area is 289 Å². The summed E-state index contributed by atoms with van der Waals surface area (Å²) in [4.78, 5) is 0. The molecule has 3 heterocycles. The van der Waals surface area contributed by atoms with Crippen molar-refractivity contribution in [1.82, 2.24) is 9.13 Å². The molecule has 0 atom stereocenters. The summed E-state index contributed by atoms with van der Waals surface area (Å²) >= 11 is 0. The topological polar surface area (TPSA) is 9.86 Å². The molecule has 0 amide bonds. The average molecular weight is 635 g/mol. The molecule has 0 saturated carbocycles. The van der Waals surface area contributed by atoms with Crippen LogP contribution >= 0.6 is 0 Å². The molecule has 1 aliphatic heterocycles. The summed E-state index contributed by atoms with van der Waals surface area (Å²) in [5, 5.41) is 5.10. The van der Waals surface area contributed by atoms with E-state index in [9.17, 15) is 0 Å². The SMILES string of the molecule is c1ccc(-n2c3ccccc3c3cc(-c4ccc(-c5ccc6c(c5)c5cccc7c5n6-c5ccccc5-c5ccccc5-7)cc4)ccc32)cc1. The monoisotopic (exact) mass is 634 g/mol. The van der Waals surface area contributed by atoms with E-state index < -0.39 is 0 Å². The third kappa shape index (κ3) is 3.85. The van der Waals surface area contributed by atoms with E-state index in [0.29, 0.717) is 0 Å². The van der Waals surface area contributed by atoms with E-state index in [4.69, 9.17) is 0 Å². The van der Waals surface area contributed by atoms with Gasteiger partial charge in [-0.1, -0.05) is 133 Å². The van der Waals surface area contributed by atoms with Crippen LogP contribution in [-0.2, 0) is 0 Å². The second-order valence-electron chi connectivity index (χ2n) is 13.3. The predicted molar refractivity (Wildman–Crippen MR) is 210 cm³/mol. The van der Waals surface area contributed by atoms with Crippen molar-refractivity contribution in [2.45, 2.75) is 0 Å². The summed E-state index contributed by atoms with van der Waals surface area (Å²) < 4.78 is 4.85. The summed E-state index contributed by atoms with van der Waals surface area (Å²) in [5.41, 5.74) is 17.3. The van der Waals surface area contributed by atoms with Crippen LogP contribution in [0.5, 0.6) is 0 Å². The quantitative estimate of drug-likeness (QED) is 0.183. The molecule has 11 rings (SSSR count). The fourth-order valence-electron chi connectivity index (χ4n) is 8.43. The molecule has 232 valence electrons. The standard InChI is InChI=1S/C48H30N2/c1-2-11-35(12-3-1)49-44-19-8-7-16-39(44)42-29-33(25-27-46(42)49)31-21-23-32(24-22-31)34-26-28-47-43(30-34)41-18-10-17-40-37-14-5-4-13-36(37)38-15-6-9-20-45(38)50(47)48(40)41/h1-30H. The number of benzene rings is 8. The Hall–Kier alpha value is -6.64. The Balaban J connectivity index is 1.03. The van der Waals surface area contributed by atoms with Crippen LogP contribution in [-0.4, -0.2) is 9.13 Å². The zero-order chi connectivity index (χ0) is 32.8. The van der Waals surface area contributed by atoms with Crippen molar-refractivity contribution in [2.24, 2.45) is 0 Å². The van der Waals surface area contributed by atoms with E-state index in [-0.39, 0.29) is 0 Å². The molecule has 2 nitrogen and oxygen atoms in total. The number of fused-ring (bicyclic) bond motifs is 11.